The molecule has 0 atom stereocenters. The maximum Gasteiger partial charge on any atom is 0.310 e. The Labute approximate surface area is 75.5 Å². The molecule has 0 heterocycles. The normalized spacial score (nSPS) is 20.2. The Balaban J connectivity index is 2.51. The lowest BCUT2D eigenvalue weighted by Gasteiger charge is -2.35. The van der Waals surface area contributed by atoms with E-state index in [0.717, 1.165) is 5.75 Å². The maximum absolute atomic E-state index is 10.8. The van der Waals surface area contributed by atoms with E-state index in [9.17, 15) is 9.59 Å². The number of carboxylic acids is 1. The van der Waals surface area contributed by atoms with Crippen molar-refractivity contribution in [1.82, 2.24) is 0 Å². The minimum absolute atomic E-state index is 0.0819. The summed E-state index contributed by atoms with van der Waals surface area (Å²) in [4.78, 5) is 21.5. The minimum atomic E-state index is -0.809. The van der Waals surface area contributed by atoms with Crippen LogP contribution in [0.3, 0.4) is 0 Å². The van der Waals surface area contributed by atoms with Gasteiger partial charge in [0.2, 0.25) is 0 Å². The summed E-state index contributed by atoms with van der Waals surface area (Å²) in [6, 6.07) is 0. The van der Waals surface area contributed by atoms with Crippen LogP contribution in [0.2, 0.25) is 0 Å². The monoisotopic (exact) mass is 188 g/mol. The molecular formula is C8H12O3S. The second kappa shape index (κ2) is 3.47. The maximum atomic E-state index is 10.8. The van der Waals surface area contributed by atoms with Crippen molar-refractivity contribution in [3.05, 3.63) is 0 Å². The lowest BCUT2D eigenvalue weighted by atomic mass is 9.66. The lowest BCUT2D eigenvalue weighted by molar-refractivity contribution is -0.160. The third kappa shape index (κ3) is 1.63. The number of carbonyl (C=O) groups excluding carboxylic acids is 1. The van der Waals surface area contributed by atoms with Crippen molar-refractivity contribution >= 4 is 23.5 Å². The first-order chi connectivity index (χ1) is 5.60. The van der Waals surface area contributed by atoms with Crippen molar-refractivity contribution in [2.45, 2.75) is 19.3 Å². The molecule has 0 aromatic heterocycles. The molecule has 0 unspecified atom stereocenters. The van der Waals surface area contributed by atoms with E-state index in [0.29, 0.717) is 6.42 Å². The van der Waals surface area contributed by atoms with Crippen LogP contribution in [-0.2, 0) is 9.59 Å². The summed E-state index contributed by atoms with van der Waals surface area (Å²) in [5.74, 6) is 0.0919. The van der Waals surface area contributed by atoms with Gasteiger partial charge in [-0.25, -0.2) is 0 Å². The van der Waals surface area contributed by atoms with E-state index < -0.39 is 11.4 Å². The van der Waals surface area contributed by atoms with Crippen LogP contribution in [0.4, 0.5) is 0 Å². The molecule has 0 radical (unpaired) electrons. The predicted molar refractivity (Wildman–Crippen MR) is 47.3 cm³/mol. The zero-order valence-electron chi connectivity index (χ0n) is 7.00. The molecule has 0 saturated heterocycles. The van der Waals surface area contributed by atoms with Gasteiger partial charge >= 0.3 is 5.97 Å². The Morgan fingerprint density at radius 1 is 1.67 bits per heavy atom. The van der Waals surface area contributed by atoms with Gasteiger partial charge in [0, 0.05) is 12.8 Å². The number of ketones is 1. The summed E-state index contributed by atoms with van der Waals surface area (Å²) in [7, 11) is 0. The highest BCUT2D eigenvalue weighted by molar-refractivity contribution is 7.98. The lowest BCUT2D eigenvalue weighted by Crippen LogP contribution is -2.44. The number of carbonyl (C=O) groups is 2. The molecule has 1 saturated carbocycles. The number of rotatable bonds is 4. The van der Waals surface area contributed by atoms with Gasteiger partial charge in [-0.3, -0.25) is 9.59 Å². The van der Waals surface area contributed by atoms with Crippen LogP contribution < -0.4 is 0 Å². The number of hydrogen-bond acceptors (Lipinski definition) is 3. The van der Waals surface area contributed by atoms with Crippen LogP contribution in [0.25, 0.3) is 0 Å². The fourth-order valence-corrected chi connectivity index (χ4v) is 2.03. The molecule has 0 aromatic rings. The third-order valence-electron chi connectivity index (χ3n) is 2.31. The number of Topliss-reactive ketones (excluding diaryl/α,β-unsaturated/α-hetero) is 1. The topological polar surface area (TPSA) is 54.4 Å². The smallest absolute Gasteiger partial charge is 0.310 e. The van der Waals surface area contributed by atoms with E-state index in [1.165, 1.54) is 0 Å². The van der Waals surface area contributed by atoms with E-state index >= 15 is 0 Å². The summed E-state index contributed by atoms with van der Waals surface area (Å²) in [5.41, 5.74) is -0.708. The van der Waals surface area contributed by atoms with Crippen LogP contribution in [0.1, 0.15) is 19.3 Å². The molecule has 1 aliphatic carbocycles. The minimum Gasteiger partial charge on any atom is -0.481 e. The molecule has 3 nitrogen and oxygen atoms in total. The number of hydrogen-bond donors (Lipinski definition) is 1. The van der Waals surface area contributed by atoms with Crippen molar-refractivity contribution in [2.75, 3.05) is 12.0 Å². The molecule has 0 spiro atoms. The molecule has 0 aliphatic heterocycles. The van der Waals surface area contributed by atoms with E-state index in [4.69, 9.17) is 5.11 Å². The number of aliphatic carboxylic acids is 1. The predicted octanol–water partition coefficient (Wildman–Crippen LogP) is 1.17. The fourth-order valence-electron chi connectivity index (χ4n) is 1.44. The number of thioether (sulfide) groups is 1. The summed E-state index contributed by atoms with van der Waals surface area (Å²) < 4.78 is 0. The van der Waals surface area contributed by atoms with E-state index in [-0.39, 0.29) is 18.6 Å². The second-order valence-electron chi connectivity index (χ2n) is 3.22. The van der Waals surface area contributed by atoms with Gasteiger partial charge in [0.25, 0.3) is 0 Å². The second-order valence-corrected chi connectivity index (χ2v) is 4.21. The molecule has 12 heavy (non-hydrogen) atoms. The summed E-state index contributed by atoms with van der Waals surface area (Å²) in [5, 5.41) is 8.87. The molecule has 0 amide bonds. The Bertz CT molecular complexity index is 204. The van der Waals surface area contributed by atoms with Gasteiger partial charge in [-0.05, 0) is 18.4 Å². The first kappa shape index (κ1) is 9.58. The Hall–Kier alpha value is -0.510. The number of carboxylic acid groups (broad SMARTS) is 1. The molecule has 68 valence electrons. The molecule has 1 fully saturated rings. The van der Waals surface area contributed by atoms with Crippen LogP contribution >= 0.6 is 11.8 Å². The van der Waals surface area contributed by atoms with Crippen LogP contribution in [-0.4, -0.2) is 28.9 Å². The van der Waals surface area contributed by atoms with Crippen LogP contribution in [0.5, 0.6) is 0 Å². The van der Waals surface area contributed by atoms with Crippen LogP contribution in [0, 0.1) is 5.41 Å². The van der Waals surface area contributed by atoms with Crippen molar-refractivity contribution < 1.29 is 14.7 Å². The summed E-state index contributed by atoms with van der Waals surface area (Å²) in [6.45, 7) is 0. The molecular weight excluding hydrogens is 176 g/mol. The largest absolute Gasteiger partial charge is 0.481 e. The molecule has 4 heteroatoms. The van der Waals surface area contributed by atoms with Gasteiger partial charge in [0.15, 0.2) is 0 Å². The van der Waals surface area contributed by atoms with Gasteiger partial charge in [-0.15, -0.1) is 0 Å². The average molecular weight is 188 g/mol. The zero-order chi connectivity index (χ0) is 9.19. The van der Waals surface area contributed by atoms with Gasteiger partial charge in [-0.1, -0.05) is 0 Å². The van der Waals surface area contributed by atoms with Crippen LogP contribution in [0.15, 0.2) is 0 Å². The molecule has 1 N–H and O–H groups in total. The standard InChI is InChI=1S/C8H12O3S/c1-12-3-2-8(7(10)11)4-6(9)5-8/h2-5H2,1H3,(H,10,11). The van der Waals surface area contributed by atoms with Gasteiger partial charge < -0.3 is 5.11 Å². The van der Waals surface area contributed by atoms with Crippen molar-refractivity contribution in [3.8, 4) is 0 Å². The van der Waals surface area contributed by atoms with E-state index in [1.807, 2.05) is 6.26 Å². The highest BCUT2D eigenvalue weighted by atomic mass is 32.2. The van der Waals surface area contributed by atoms with E-state index in [1.54, 1.807) is 11.8 Å². The molecule has 1 aliphatic rings. The zero-order valence-corrected chi connectivity index (χ0v) is 7.82. The average Bonchev–Trinajstić information content (AvgIpc) is 1.95. The quantitative estimate of drug-likeness (QED) is 0.719. The Morgan fingerprint density at radius 3 is 2.58 bits per heavy atom. The fraction of sp³-hybridized carbons (Fsp3) is 0.750. The van der Waals surface area contributed by atoms with Crippen molar-refractivity contribution in [1.29, 1.82) is 0 Å². The van der Waals surface area contributed by atoms with Crippen molar-refractivity contribution in [3.63, 3.8) is 0 Å². The summed E-state index contributed by atoms with van der Waals surface area (Å²) in [6.07, 6.45) is 3.04. The highest BCUT2D eigenvalue weighted by Gasteiger charge is 2.49. The Morgan fingerprint density at radius 2 is 2.25 bits per heavy atom. The SMILES string of the molecule is CSCCC1(C(=O)O)CC(=O)C1. The highest BCUT2D eigenvalue weighted by Crippen LogP contribution is 2.42. The Kier molecular flexibility index (Phi) is 2.77. The molecule has 1 rings (SSSR count). The molecule has 0 aromatic carbocycles. The first-order valence-electron chi connectivity index (χ1n) is 3.85. The molecule has 0 bridgehead atoms. The van der Waals surface area contributed by atoms with Gasteiger partial charge in [0.05, 0.1) is 5.41 Å². The first-order valence-corrected chi connectivity index (χ1v) is 5.24. The summed E-state index contributed by atoms with van der Waals surface area (Å²) >= 11 is 1.62. The van der Waals surface area contributed by atoms with Gasteiger partial charge in [0.1, 0.15) is 5.78 Å². The third-order valence-corrected chi connectivity index (χ3v) is 2.92. The van der Waals surface area contributed by atoms with Crippen molar-refractivity contribution in [2.24, 2.45) is 5.41 Å². The van der Waals surface area contributed by atoms with E-state index in [2.05, 4.69) is 0 Å². The van der Waals surface area contributed by atoms with Gasteiger partial charge in [-0.2, -0.15) is 11.8 Å².